The largest absolute Gasteiger partial charge is 0.419 e. The molecule has 0 saturated heterocycles. The Bertz CT molecular complexity index is 1670. The first-order valence-corrected chi connectivity index (χ1v) is 14.4. The number of carbonyl (C=O) groups is 1. The number of anilines is 1. The van der Waals surface area contributed by atoms with Gasteiger partial charge in [-0.2, -0.15) is 43.8 Å². The summed E-state index contributed by atoms with van der Waals surface area (Å²) in [5, 5.41) is 2.51. The highest BCUT2D eigenvalue weighted by Crippen LogP contribution is 2.38. The van der Waals surface area contributed by atoms with Gasteiger partial charge in [-0.25, -0.2) is 12.8 Å². The van der Waals surface area contributed by atoms with Gasteiger partial charge >= 0.3 is 18.5 Å². The number of hydrogen-bond donors (Lipinski definition) is 1. The maximum Gasteiger partial charge on any atom is 0.419 e. The third-order valence-electron chi connectivity index (χ3n) is 6.67. The van der Waals surface area contributed by atoms with Gasteiger partial charge in [0, 0.05) is 13.1 Å². The number of sulfonamides is 1. The first kappa shape index (κ1) is 33.5. The highest BCUT2D eigenvalue weighted by molar-refractivity contribution is 7.88. The number of benzene rings is 3. The van der Waals surface area contributed by atoms with Gasteiger partial charge in [-0.05, 0) is 65.1 Å². The zero-order chi connectivity index (χ0) is 32.8. The zero-order valence-corrected chi connectivity index (χ0v) is 23.5. The minimum Gasteiger partial charge on any atom is -0.324 e. The predicted molar refractivity (Wildman–Crippen MR) is 138 cm³/mol. The van der Waals surface area contributed by atoms with Gasteiger partial charge in [0.1, 0.15) is 5.82 Å². The van der Waals surface area contributed by atoms with Crippen molar-refractivity contribution >= 4 is 33.2 Å². The molecule has 0 bridgehead atoms. The van der Waals surface area contributed by atoms with Crippen molar-refractivity contribution in [3.63, 3.8) is 0 Å². The molecular formula is C27H19ClF10N2O3S. The monoisotopic (exact) mass is 676 g/mol. The van der Waals surface area contributed by atoms with Crippen LogP contribution in [-0.4, -0.2) is 25.2 Å². The van der Waals surface area contributed by atoms with E-state index >= 15 is 0 Å². The average molecular weight is 677 g/mol. The lowest BCUT2D eigenvalue weighted by Gasteiger charge is -2.30. The second-order valence-electron chi connectivity index (χ2n) is 9.85. The van der Waals surface area contributed by atoms with E-state index in [1.165, 1.54) is 12.1 Å². The minimum absolute atomic E-state index is 0.0238. The van der Waals surface area contributed by atoms with Gasteiger partial charge in [0.2, 0.25) is 15.9 Å². The maximum absolute atomic E-state index is 13.9. The number of nitrogens with zero attached hydrogens (tertiary/aromatic N) is 1. The van der Waals surface area contributed by atoms with Crippen LogP contribution in [0.25, 0.3) is 0 Å². The molecule has 5 nitrogen and oxygen atoms in total. The van der Waals surface area contributed by atoms with E-state index < -0.39 is 74.7 Å². The molecule has 3 aromatic carbocycles. The van der Waals surface area contributed by atoms with E-state index in [4.69, 9.17) is 11.6 Å². The summed E-state index contributed by atoms with van der Waals surface area (Å²) in [6.07, 6.45) is -15.9. The highest BCUT2D eigenvalue weighted by Gasteiger charge is 2.38. The fourth-order valence-electron chi connectivity index (χ4n) is 4.65. The number of hydrogen-bond acceptors (Lipinski definition) is 3. The van der Waals surface area contributed by atoms with Gasteiger partial charge in [-0.1, -0.05) is 23.7 Å². The number of amides is 1. The number of carbonyl (C=O) groups excluding carboxylic acids is 1. The summed E-state index contributed by atoms with van der Waals surface area (Å²) in [5.74, 6) is -3.51. The summed E-state index contributed by atoms with van der Waals surface area (Å²) < 4.78 is 159. The van der Waals surface area contributed by atoms with Gasteiger partial charge in [0.25, 0.3) is 0 Å². The summed E-state index contributed by atoms with van der Waals surface area (Å²) in [6.45, 7) is -0.624. The number of alkyl halides is 9. The smallest absolute Gasteiger partial charge is 0.324 e. The van der Waals surface area contributed by atoms with Crippen molar-refractivity contribution in [1.82, 2.24) is 4.31 Å². The van der Waals surface area contributed by atoms with E-state index in [1.807, 2.05) is 0 Å². The molecule has 1 aliphatic heterocycles. The third kappa shape index (κ3) is 7.64. The van der Waals surface area contributed by atoms with Crippen LogP contribution in [0.4, 0.5) is 49.6 Å². The number of fused-ring (bicyclic) bond motifs is 1. The molecule has 1 heterocycles. The van der Waals surface area contributed by atoms with Crippen LogP contribution in [0.5, 0.6) is 0 Å². The molecule has 0 atom stereocenters. The summed E-state index contributed by atoms with van der Waals surface area (Å²) in [5.41, 5.74) is -4.85. The van der Waals surface area contributed by atoms with Gasteiger partial charge < -0.3 is 5.32 Å². The molecular weight excluding hydrogens is 658 g/mol. The lowest BCUT2D eigenvalue weighted by Crippen LogP contribution is -2.37. The fraction of sp³-hybridized carbons (Fsp3) is 0.296. The molecule has 17 heteroatoms. The average Bonchev–Trinajstić information content (AvgIpc) is 2.88. The van der Waals surface area contributed by atoms with E-state index in [0.29, 0.717) is 35.4 Å². The molecule has 0 spiro atoms. The van der Waals surface area contributed by atoms with Crippen molar-refractivity contribution in [1.29, 1.82) is 0 Å². The number of rotatable bonds is 6. The maximum atomic E-state index is 13.9. The van der Waals surface area contributed by atoms with E-state index in [-0.39, 0.29) is 41.9 Å². The Hall–Kier alpha value is -3.37. The molecule has 0 aliphatic carbocycles. The number of halogens is 11. The summed E-state index contributed by atoms with van der Waals surface area (Å²) in [6, 6.07) is 5.28. The summed E-state index contributed by atoms with van der Waals surface area (Å²) in [7, 11) is -4.45. The molecule has 238 valence electrons. The van der Waals surface area contributed by atoms with Crippen LogP contribution in [0, 0.1) is 5.82 Å². The van der Waals surface area contributed by atoms with Crippen molar-refractivity contribution in [2.24, 2.45) is 0 Å². The van der Waals surface area contributed by atoms with Crippen LogP contribution in [0.3, 0.4) is 0 Å². The van der Waals surface area contributed by atoms with E-state index in [9.17, 15) is 57.1 Å². The zero-order valence-electron chi connectivity index (χ0n) is 21.9. The molecule has 0 saturated carbocycles. The first-order chi connectivity index (χ1) is 20.1. The lowest BCUT2D eigenvalue weighted by atomic mass is 9.98. The van der Waals surface area contributed by atoms with E-state index in [0.717, 1.165) is 10.4 Å². The lowest BCUT2D eigenvalue weighted by molar-refractivity contribution is -0.143. The van der Waals surface area contributed by atoms with E-state index in [1.54, 1.807) is 0 Å². The Morgan fingerprint density at radius 1 is 0.841 bits per heavy atom. The topological polar surface area (TPSA) is 66.5 Å². The van der Waals surface area contributed by atoms with Gasteiger partial charge in [-0.3, -0.25) is 4.79 Å². The van der Waals surface area contributed by atoms with Crippen molar-refractivity contribution in [2.75, 3.05) is 11.9 Å². The normalized spacial score (nSPS) is 14.8. The SMILES string of the molecule is O=C(Cc1ccc(C(F)(F)F)c(F)c1)Nc1c(Cl)ccc2c1CCN(S(=O)(=O)Cc1cc(C(F)(F)F)cc(C(F)(F)F)c1)C2. The molecule has 0 aromatic heterocycles. The van der Waals surface area contributed by atoms with Crippen LogP contribution in [0.2, 0.25) is 5.02 Å². The van der Waals surface area contributed by atoms with Crippen LogP contribution >= 0.6 is 11.6 Å². The predicted octanol–water partition coefficient (Wildman–Crippen LogP) is 7.60. The molecule has 4 rings (SSSR count). The second-order valence-corrected chi connectivity index (χ2v) is 12.2. The van der Waals surface area contributed by atoms with Crippen LogP contribution in [-0.2, 0) is 58.5 Å². The first-order valence-electron chi connectivity index (χ1n) is 12.4. The molecule has 1 amide bonds. The fourth-order valence-corrected chi connectivity index (χ4v) is 6.35. The highest BCUT2D eigenvalue weighted by atomic mass is 35.5. The van der Waals surface area contributed by atoms with Crippen molar-refractivity contribution in [3.05, 3.63) is 98.3 Å². The van der Waals surface area contributed by atoms with Gasteiger partial charge in [0.15, 0.2) is 0 Å². The Balaban J connectivity index is 1.53. The molecule has 1 N–H and O–H groups in total. The third-order valence-corrected chi connectivity index (χ3v) is 8.79. The van der Waals surface area contributed by atoms with Crippen LogP contribution < -0.4 is 5.32 Å². The van der Waals surface area contributed by atoms with Gasteiger partial charge in [-0.15, -0.1) is 0 Å². The molecule has 3 aromatic rings. The Labute approximate surface area is 248 Å². The van der Waals surface area contributed by atoms with Crippen LogP contribution in [0.1, 0.15) is 38.9 Å². The van der Waals surface area contributed by atoms with Gasteiger partial charge in [0.05, 0.1) is 39.6 Å². The Kier molecular flexibility index (Phi) is 9.03. The summed E-state index contributed by atoms with van der Waals surface area (Å²) in [4.78, 5) is 12.7. The van der Waals surface area contributed by atoms with E-state index in [2.05, 4.69) is 5.32 Å². The molecule has 0 unspecified atom stereocenters. The van der Waals surface area contributed by atoms with Crippen molar-refractivity contribution in [3.8, 4) is 0 Å². The quantitative estimate of drug-likeness (QED) is 0.274. The van der Waals surface area contributed by atoms with Crippen LogP contribution in [0.15, 0.2) is 48.5 Å². The number of nitrogens with one attached hydrogen (secondary N) is 1. The Morgan fingerprint density at radius 2 is 1.45 bits per heavy atom. The molecule has 0 fully saturated rings. The molecule has 0 radical (unpaired) electrons. The molecule has 1 aliphatic rings. The van der Waals surface area contributed by atoms with Crippen molar-refractivity contribution in [2.45, 2.75) is 43.7 Å². The Morgan fingerprint density at radius 3 is 2.00 bits per heavy atom. The summed E-state index contributed by atoms with van der Waals surface area (Å²) >= 11 is 6.23. The van der Waals surface area contributed by atoms with Crippen molar-refractivity contribution < 1.29 is 57.1 Å². The molecule has 44 heavy (non-hydrogen) atoms. The minimum atomic E-state index is -5.16. The standard InChI is InChI=1S/C27H19ClF10N2O3S/c28-21-4-2-16-12-40(44(42,43)13-15-7-17(25(30,31)32)11-18(8-15)26(33,34)35)6-5-19(16)24(21)39-23(41)10-14-1-3-20(22(29)9-14)27(36,37)38/h1-4,7-9,11H,5-6,10,12-13H2,(H,39,41). The second kappa shape index (κ2) is 11.9.